The summed E-state index contributed by atoms with van der Waals surface area (Å²) in [5.74, 6) is 1.12. The summed E-state index contributed by atoms with van der Waals surface area (Å²) in [5.41, 5.74) is 0. The first kappa shape index (κ1) is 8.97. The number of nitrogens with zero attached hydrogens (tertiary/aromatic N) is 1. The van der Waals surface area contributed by atoms with Crippen molar-refractivity contribution in [3.63, 3.8) is 0 Å². The highest BCUT2D eigenvalue weighted by Crippen LogP contribution is 2.03. The Morgan fingerprint density at radius 2 is 2.00 bits per heavy atom. The average Bonchev–Trinajstić information content (AvgIpc) is 2.49. The molecule has 0 atom stereocenters. The highest BCUT2D eigenvalue weighted by molar-refractivity contribution is 5.83. The number of aliphatic imine (C=N–C) groups is 1. The minimum absolute atomic E-state index is 0.291. The predicted octanol–water partition coefficient (Wildman–Crippen LogP) is 0.184. The van der Waals surface area contributed by atoms with Gasteiger partial charge in [0, 0.05) is 13.0 Å². The third-order valence-electron chi connectivity index (χ3n) is 2.26. The molecule has 0 bridgehead atoms. The highest BCUT2D eigenvalue weighted by atomic mass is 16.5. The van der Waals surface area contributed by atoms with Gasteiger partial charge < -0.3 is 14.8 Å². The number of amidine groups is 1. The molecule has 2 aliphatic heterocycles. The van der Waals surface area contributed by atoms with Gasteiger partial charge in [0.15, 0.2) is 0 Å². The summed E-state index contributed by atoms with van der Waals surface area (Å²) in [6.07, 6.45) is 2.26. The van der Waals surface area contributed by atoms with Crippen LogP contribution in [0.15, 0.2) is 4.99 Å². The van der Waals surface area contributed by atoms with Crippen molar-refractivity contribution in [2.45, 2.75) is 18.9 Å². The number of hydrogen-bond acceptors (Lipinski definition) is 4. The predicted molar refractivity (Wildman–Crippen MR) is 50.1 cm³/mol. The van der Waals surface area contributed by atoms with Gasteiger partial charge in [-0.05, 0) is 6.42 Å². The average molecular weight is 184 g/mol. The fraction of sp³-hybridized carbons (Fsp3) is 0.889. The maximum atomic E-state index is 5.37. The maximum absolute atomic E-state index is 5.37. The van der Waals surface area contributed by atoms with Crippen molar-refractivity contribution in [2.75, 3.05) is 33.0 Å². The summed E-state index contributed by atoms with van der Waals surface area (Å²) in [4.78, 5) is 4.35. The van der Waals surface area contributed by atoms with E-state index in [4.69, 9.17) is 9.47 Å². The Morgan fingerprint density at radius 1 is 1.23 bits per heavy atom. The Balaban J connectivity index is 1.78. The van der Waals surface area contributed by atoms with E-state index in [-0.39, 0.29) is 0 Å². The van der Waals surface area contributed by atoms with Gasteiger partial charge in [0.2, 0.25) is 0 Å². The van der Waals surface area contributed by atoms with Gasteiger partial charge in [-0.2, -0.15) is 0 Å². The quantitative estimate of drug-likeness (QED) is 0.632. The Bertz CT molecular complexity index is 186. The van der Waals surface area contributed by atoms with Gasteiger partial charge in [0.1, 0.15) is 0 Å². The molecule has 13 heavy (non-hydrogen) atoms. The lowest BCUT2D eigenvalue weighted by Crippen LogP contribution is -2.39. The van der Waals surface area contributed by atoms with Gasteiger partial charge >= 0.3 is 0 Å². The lowest BCUT2D eigenvalue weighted by Gasteiger charge is -2.16. The normalized spacial score (nSPS) is 25.4. The van der Waals surface area contributed by atoms with Gasteiger partial charge in [-0.25, -0.2) is 0 Å². The molecule has 0 aromatic carbocycles. The van der Waals surface area contributed by atoms with Crippen LogP contribution in [0.4, 0.5) is 0 Å². The first-order valence-corrected chi connectivity index (χ1v) is 4.90. The summed E-state index contributed by atoms with van der Waals surface area (Å²) in [5, 5.41) is 3.36. The molecule has 4 nitrogen and oxygen atoms in total. The van der Waals surface area contributed by atoms with E-state index in [9.17, 15) is 0 Å². The standard InChI is InChI=1S/C9H16N2O2/c1-2-9(10-3-1)11-8-6-12-4-5-13-7-8/h8H,1-7H2,(H,10,11). The monoisotopic (exact) mass is 184 g/mol. The van der Waals surface area contributed by atoms with Crippen LogP contribution in [0.2, 0.25) is 0 Å². The zero-order chi connectivity index (χ0) is 8.93. The van der Waals surface area contributed by atoms with Crippen molar-refractivity contribution < 1.29 is 9.47 Å². The molecule has 1 saturated heterocycles. The van der Waals surface area contributed by atoms with Crippen LogP contribution < -0.4 is 5.32 Å². The lowest BCUT2D eigenvalue weighted by atomic mass is 10.3. The number of nitrogens with one attached hydrogen (secondary N) is 1. The van der Waals surface area contributed by atoms with E-state index in [2.05, 4.69) is 10.3 Å². The number of rotatable bonds is 1. The van der Waals surface area contributed by atoms with Crippen LogP contribution in [0.3, 0.4) is 0 Å². The Hall–Kier alpha value is -0.610. The molecule has 0 aliphatic carbocycles. The van der Waals surface area contributed by atoms with E-state index in [0.717, 1.165) is 32.0 Å². The largest absolute Gasteiger partial charge is 0.377 e. The molecule has 1 fully saturated rings. The molecule has 0 radical (unpaired) electrons. The zero-order valence-corrected chi connectivity index (χ0v) is 7.79. The third kappa shape index (κ3) is 2.67. The molecule has 0 saturated carbocycles. The molecule has 2 rings (SSSR count). The maximum Gasteiger partial charge on any atom is 0.0967 e. The smallest absolute Gasteiger partial charge is 0.0967 e. The van der Waals surface area contributed by atoms with Crippen molar-refractivity contribution in [1.29, 1.82) is 0 Å². The molecule has 0 unspecified atom stereocenters. The summed E-state index contributed by atoms with van der Waals surface area (Å²) >= 11 is 0. The molecule has 0 aromatic rings. The second kappa shape index (κ2) is 4.58. The number of hydrogen-bond donors (Lipinski definition) is 1. The van der Waals surface area contributed by atoms with E-state index in [1.54, 1.807) is 0 Å². The lowest BCUT2D eigenvalue weighted by molar-refractivity contribution is 0.103. The SMILES string of the molecule is C1CN=C(NC2COCCOC2)C1. The highest BCUT2D eigenvalue weighted by Gasteiger charge is 2.15. The minimum atomic E-state index is 0.291. The molecular weight excluding hydrogens is 168 g/mol. The number of ether oxygens (including phenoxy) is 2. The first-order valence-electron chi connectivity index (χ1n) is 4.90. The van der Waals surface area contributed by atoms with E-state index >= 15 is 0 Å². The molecule has 2 aliphatic rings. The van der Waals surface area contributed by atoms with Crippen LogP contribution in [-0.2, 0) is 9.47 Å². The molecule has 4 heteroatoms. The summed E-state index contributed by atoms with van der Waals surface area (Å²) in [6, 6.07) is 0.291. The molecule has 0 amide bonds. The van der Waals surface area contributed by atoms with Gasteiger partial charge in [0.25, 0.3) is 0 Å². The van der Waals surface area contributed by atoms with E-state index in [0.29, 0.717) is 19.3 Å². The van der Waals surface area contributed by atoms with Crippen LogP contribution in [0.25, 0.3) is 0 Å². The van der Waals surface area contributed by atoms with Crippen molar-refractivity contribution >= 4 is 5.84 Å². The van der Waals surface area contributed by atoms with Crippen LogP contribution in [0.5, 0.6) is 0 Å². The van der Waals surface area contributed by atoms with E-state index in [1.807, 2.05) is 0 Å². The summed E-state index contributed by atoms with van der Waals surface area (Å²) < 4.78 is 10.7. The fourth-order valence-corrected chi connectivity index (χ4v) is 1.59. The van der Waals surface area contributed by atoms with Crippen molar-refractivity contribution in [3.8, 4) is 0 Å². The third-order valence-corrected chi connectivity index (χ3v) is 2.26. The van der Waals surface area contributed by atoms with Gasteiger partial charge in [-0.15, -0.1) is 0 Å². The van der Waals surface area contributed by atoms with Crippen molar-refractivity contribution in [3.05, 3.63) is 0 Å². The Morgan fingerprint density at radius 3 is 2.62 bits per heavy atom. The van der Waals surface area contributed by atoms with Crippen molar-refractivity contribution in [1.82, 2.24) is 5.32 Å². The zero-order valence-electron chi connectivity index (χ0n) is 7.79. The molecule has 0 aromatic heterocycles. The Labute approximate surface area is 78.3 Å². The second-order valence-electron chi connectivity index (χ2n) is 3.42. The molecule has 0 spiro atoms. The van der Waals surface area contributed by atoms with E-state index in [1.165, 1.54) is 6.42 Å². The molecule has 74 valence electrons. The van der Waals surface area contributed by atoms with Gasteiger partial charge in [-0.3, -0.25) is 4.99 Å². The topological polar surface area (TPSA) is 42.9 Å². The van der Waals surface area contributed by atoms with Crippen LogP contribution in [-0.4, -0.2) is 44.8 Å². The molecular formula is C9H16N2O2. The molecule has 2 heterocycles. The van der Waals surface area contributed by atoms with Crippen LogP contribution in [0, 0.1) is 0 Å². The minimum Gasteiger partial charge on any atom is -0.377 e. The summed E-state index contributed by atoms with van der Waals surface area (Å²) in [6.45, 7) is 3.87. The van der Waals surface area contributed by atoms with Gasteiger partial charge in [-0.1, -0.05) is 0 Å². The fourth-order valence-electron chi connectivity index (χ4n) is 1.59. The Kier molecular flexibility index (Phi) is 3.16. The van der Waals surface area contributed by atoms with E-state index < -0.39 is 0 Å². The van der Waals surface area contributed by atoms with Gasteiger partial charge in [0.05, 0.1) is 38.3 Å². The van der Waals surface area contributed by atoms with Crippen LogP contribution in [0.1, 0.15) is 12.8 Å². The van der Waals surface area contributed by atoms with Crippen LogP contribution >= 0.6 is 0 Å². The molecule has 1 N–H and O–H groups in total. The summed E-state index contributed by atoms with van der Waals surface area (Å²) in [7, 11) is 0. The van der Waals surface area contributed by atoms with Crippen molar-refractivity contribution in [2.24, 2.45) is 4.99 Å². The first-order chi connectivity index (χ1) is 6.45. The second-order valence-corrected chi connectivity index (χ2v) is 3.42.